The van der Waals surface area contributed by atoms with Gasteiger partial charge in [0.2, 0.25) is 15.9 Å². The Hall–Kier alpha value is -1.80. The highest BCUT2D eigenvalue weighted by molar-refractivity contribution is 7.99. The molecule has 3 rings (SSSR count). The number of Topliss-reactive ketones (excluding diaryl/α,β-unsaturated/α-hetero) is 1. The van der Waals surface area contributed by atoms with E-state index in [9.17, 15) is 23.1 Å². The van der Waals surface area contributed by atoms with Gasteiger partial charge in [-0.05, 0) is 37.0 Å². The standard InChI is InChI=1S/C24H34N4O5S3/c25-19(24(31)28-12-13-34-16-28)8-4-5-11-27-36(32,33)22-10-9-18(35-22)15-21(29)23(30)20(26)14-17-6-2-1-3-7-17/h1-3,6-7,9-10,19-20,23,27,30H,4-5,8,11-16,25-26H2. The van der Waals surface area contributed by atoms with Crippen LogP contribution in [0.1, 0.15) is 29.7 Å². The molecule has 0 aliphatic carbocycles. The third-order valence-corrected chi connectivity index (χ3v) is 9.92. The van der Waals surface area contributed by atoms with Crippen LogP contribution in [0.3, 0.4) is 0 Å². The number of unbranched alkanes of at least 4 members (excludes halogenated alkanes) is 1. The maximum Gasteiger partial charge on any atom is 0.250 e. The van der Waals surface area contributed by atoms with Gasteiger partial charge in [-0.2, -0.15) is 0 Å². The number of nitrogens with two attached hydrogens (primary N) is 2. The van der Waals surface area contributed by atoms with Crippen molar-refractivity contribution in [2.75, 3.05) is 24.7 Å². The molecule has 1 saturated heterocycles. The lowest BCUT2D eigenvalue weighted by Gasteiger charge is -2.19. The number of ketones is 1. The van der Waals surface area contributed by atoms with E-state index in [4.69, 9.17) is 11.5 Å². The molecule has 3 unspecified atom stereocenters. The first kappa shape index (κ1) is 28.8. The van der Waals surface area contributed by atoms with Crippen LogP contribution in [0.4, 0.5) is 0 Å². The largest absolute Gasteiger partial charge is 0.384 e. The lowest BCUT2D eigenvalue weighted by molar-refractivity contribution is -0.131. The van der Waals surface area contributed by atoms with Gasteiger partial charge in [0.1, 0.15) is 10.3 Å². The Labute approximate surface area is 220 Å². The quantitative estimate of drug-likeness (QED) is 0.253. The highest BCUT2D eigenvalue weighted by Gasteiger charge is 2.25. The van der Waals surface area contributed by atoms with Crippen LogP contribution in [-0.2, 0) is 32.5 Å². The number of hydrogen-bond donors (Lipinski definition) is 4. The van der Waals surface area contributed by atoms with Gasteiger partial charge in [-0.25, -0.2) is 13.1 Å². The van der Waals surface area contributed by atoms with E-state index in [0.717, 1.165) is 29.2 Å². The van der Waals surface area contributed by atoms with Crippen molar-refractivity contribution in [3.05, 3.63) is 52.9 Å². The highest BCUT2D eigenvalue weighted by atomic mass is 32.2. The highest BCUT2D eigenvalue weighted by Crippen LogP contribution is 2.23. The van der Waals surface area contributed by atoms with Gasteiger partial charge in [0.25, 0.3) is 0 Å². The third-order valence-electron chi connectivity index (χ3n) is 5.92. The SMILES string of the molecule is NC(CCCCNS(=O)(=O)c1ccc(CC(=O)C(O)C(N)Cc2ccccc2)s1)C(=O)N1CCSC1. The Kier molecular flexibility index (Phi) is 10.9. The number of hydrogen-bond acceptors (Lipinski definition) is 9. The first-order valence-electron chi connectivity index (χ1n) is 11.9. The molecule has 1 aromatic carbocycles. The van der Waals surface area contributed by atoms with Gasteiger partial charge < -0.3 is 21.5 Å². The predicted molar refractivity (Wildman–Crippen MR) is 143 cm³/mol. The Bertz CT molecular complexity index is 1100. The average molecular weight is 555 g/mol. The lowest BCUT2D eigenvalue weighted by Crippen LogP contribution is -2.42. The zero-order chi connectivity index (χ0) is 26.1. The number of carbonyl (C=O) groups excluding carboxylic acids is 2. The molecule has 6 N–H and O–H groups in total. The zero-order valence-corrected chi connectivity index (χ0v) is 22.5. The fraction of sp³-hybridized carbons (Fsp3) is 0.500. The van der Waals surface area contributed by atoms with Crippen molar-refractivity contribution in [1.29, 1.82) is 0 Å². The van der Waals surface area contributed by atoms with Crippen LogP contribution in [0.5, 0.6) is 0 Å². The molecule has 1 fully saturated rings. The van der Waals surface area contributed by atoms with Crippen molar-refractivity contribution in [2.45, 2.75) is 54.5 Å². The second-order valence-corrected chi connectivity index (χ2v) is 13.0. The molecule has 1 aliphatic rings. The summed E-state index contributed by atoms with van der Waals surface area (Å²) in [6.45, 7) is 0.951. The van der Waals surface area contributed by atoms with Gasteiger partial charge >= 0.3 is 0 Å². The molecule has 0 spiro atoms. The number of rotatable bonds is 14. The first-order valence-corrected chi connectivity index (χ1v) is 15.3. The number of aliphatic hydroxyl groups excluding tert-OH is 1. The minimum absolute atomic E-state index is 0.0487. The molecular weight excluding hydrogens is 520 g/mol. The number of thioether (sulfide) groups is 1. The van der Waals surface area contributed by atoms with Crippen LogP contribution in [0.2, 0.25) is 0 Å². The van der Waals surface area contributed by atoms with Crippen LogP contribution < -0.4 is 16.2 Å². The number of benzene rings is 1. The molecule has 1 aliphatic heterocycles. The monoisotopic (exact) mass is 554 g/mol. The van der Waals surface area contributed by atoms with Gasteiger partial charge in [0.05, 0.1) is 11.9 Å². The van der Waals surface area contributed by atoms with Crippen LogP contribution in [0, 0.1) is 0 Å². The van der Waals surface area contributed by atoms with Gasteiger partial charge in [-0.3, -0.25) is 9.59 Å². The van der Waals surface area contributed by atoms with Crippen molar-refractivity contribution in [3.63, 3.8) is 0 Å². The molecule has 0 saturated carbocycles. The summed E-state index contributed by atoms with van der Waals surface area (Å²) in [5.74, 6) is 1.12. The molecular formula is C24H34N4O5S3. The van der Waals surface area contributed by atoms with Crippen LogP contribution in [0.25, 0.3) is 0 Å². The second kappa shape index (κ2) is 13.7. The van der Waals surface area contributed by atoms with Gasteiger partial charge in [-0.15, -0.1) is 23.1 Å². The summed E-state index contributed by atoms with van der Waals surface area (Å²) < 4.78 is 27.9. The molecule has 12 heteroatoms. The third kappa shape index (κ3) is 8.37. The van der Waals surface area contributed by atoms with Crippen molar-refractivity contribution in [2.24, 2.45) is 11.5 Å². The minimum atomic E-state index is -3.72. The number of nitrogens with zero attached hydrogens (tertiary/aromatic N) is 1. The number of nitrogens with one attached hydrogen (secondary N) is 1. The van der Waals surface area contributed by atoms with E-state index in [1.54, 1.807) is 22.7 Å². The number of thiophene rings is 1. The van der Waals surface area contributed by atoms with Crippen molar-refractivity contribution in [3.8, 4) is 0 Å². The summed E-state index contributed by atoms with van der Waals surface area (Å²) >= 11 is 2.70. The van der Waals surface area contributed by atoms with Crippen molar-refractivity contribution >= 4 is 44.8 Å². The Morgan fingerprint density at radius 1 is 1.11 bits per heavy atom. The second-order valence-electron chi connectivity index (χ2n) is 8.80. The predicted octanol–water partition coefficient (Wildman–Crippen LogP) is 1.10. The molecule has 2 heterocycles. The van der Waals surface area contributed by atoms with Gasteiger partial charge in [0, 0.05) is 36.2 Å². The van der Waals surface area contributed by atoms with E-state index in [-0.39, 0.29) is 23.1 Å². The van der Waals surface area contributed by atoms with E-state index in [0.29, 0.717) is 36.4 Å². The number of aliphatic hydroxyl groups is 1. The molecule has 0 bridgehead atoms. The molecule has 3 atom stereocenters. The van der Waals surface area contributed by atoms with Crippen LogP contribution in [-0.4, -0.2) is 73.0 Å². The van der Waals surface area contributed by atoms with Crippen molar-refractivity contribution < 1.29 is 23.1 Å². The summed E-state index contributed by atoms with van der Waals surface area (Å²) in [6, 6.07) is 11.1. The van der Waals surface area contributed by atoms with Gasteiger partial charge in [0.15, 0.2) is 5.78 Å². The first-order chi connectivity index (χ1) is 17.2. The molecule has 9 nitrogen and oxygen atoms in total. The molecule has 2 aromatic rings. The Morgan fingerprint density at radius 2 is 1.86 bits per heavy atom. The maximum absolute atomic E-state index is 12.6. The van der Waals surface area contributed by atoms with Crippen molar-refractivity contribution in [1.82, 2.24) is 9.62 Å². The number of amides is 1. The number of sulfonamides is 1. The normalized spacial score (nSPS) is 16.6. The van der Waals surface area contributed by atoms with Crippen LogP contribution in [0.15, 0.2) is 46.7 Å². The van der Waals surface area contributed by atoms with E-state index >= 15 is 0 Å². The lowest BCUT2D eigenvalue weighted by atomic mass is 9.98. The topological polar surface area (TPSA) is 156 Å². The van der Waals surface area contributed by atoms with Gasteiger partial charge in [-0.1, -0.05) is 36.8 Å². The van der Waals surface area contributed by atoms with E-state index in [2.05, 4.69) is 4.72 Å². The van der Waals surface area contributed by atoms with Crippen LogP contribution >= 0.6 is 23.1 Å². The molecule has 0 radical (unpaired) electrons. The summed E-state index contributed by atoms with van der Waals surface area (Å²) in [4.78, 5) is 27.0. The molecule has 1 aromatic heterocycles. The Balaban J connectivity index is 1.41. The summed E-state index contributed by atoms with van der Waals surface area (Å²) in [7, 11) is -3.72. The van der Waals surface area contributed by atoms with E-state index in [1.807, 2.05) is 30.3 Å². The molecule has 1 amide bonds. The fourth-order valence-electron chi connectivity index (χ4n) is 3.82. The zero-order valence-electron chi connectivity index (χ0n) is 20.0. The summed E-state index contributed by atoms with van der Waals surface area (Å²) in [5, 5.41) is 10.3. The average Bonchev–Trinajstić information content (AvgIpc) is 3.56. The maximum atomic E-state index is 12.6. The van der Waals surface area contributed by atoms with E-state index in [1.165, 1.54) is 6.07 Å². The summed E-state index contributed by atoms with van der Waals surface area (Å²) in [5.41, 5.74) is 12.9. The number of carbonyl (C=O) groups is 2. The molecule has 198 valence electrons. The fourth-order valence-corrected chi connectivity index (χ4v) is 7.26. The minimum Gasteiger partial charge on any atom is -0.384 e. The van der Waals surface area contributed by atoms with E-state index < -0.39 is 34.0 Å². The molecule has 36 heavy (non-hydrogen) atoms. The Morgan fingerprint density at radius 3 is 2.56 bits per heavy atom. The summed E-state index contributed by atoms with van der Waals surface area (Å²) in [6.07, 6.45) is 0.609. The smallest absolute Gasteiger partial charge is 0.250 e.